The van der Waals surface area contributed by atoms with E-state index in [-0.39, 0.29) is 5.91 Å². The van der Waals surface area contributed by atoms with Crippen LogP contribution >= 0.6 is 0 Å². The molecule has 1 aliphatic heterocycles. The number of rotatable bonds is 4. The Bertz CT molecular complexity index is 935. The molecule has 1 saturated heterocycles. The summed E-state index contributed by atoms with van der Waals surface area (Å²) in [6, 6.07) is 12.2. The molecular weight excluding hydrogens is 310 g/mol. The molecule has 0 aliphatic carbocycles. The molecule has 0 saturated carbocycles. The number of fused-ring (bicyclic) bond motifs is 1. The zero-order chi connectivity index (χ0) is 17.4. The summed E-state index contributed by atoms with van der Waals surface area (Å²) in [6.45, 7) is 4.31. The van der Waals surface area contributed by atoms with Gasteiger partial charge in [-0.15, -0.1) is 0 Å². The molecule has 4 heteroatoms. The molecule has 0 spiro atoms. The lowest BCUT2D eigenvalue weighted by atomic mass is 9.90. The number of hydrogen-bond acceptors (Lipinski definition) is 2. The second-order valence-corrected chi connectivity index (χ2v) is 6.65. The summed E-state index contributed by atoms with van der Waals surface area (Å²) in [6.07, 6.45) is 5.31. The number of primary amides is 1. The van der Waals surface area contributed by atoms with E-state index in [0.717, 1.165) is 41.5 Å². The molecule has 1 fully saturated rings. The minimum atomic E-state index is -0.372. The molecule has 1 aliphatic rings. The van der Waals surface area contributed by atoms with Crippen LogP contribution in [0.15, 0.2) is 42.6 Å². The highest BCUT2D eigenvalue weighted by atomic mass is 16.1. The fraction of sp³-hybridized carbons (Fsp3) is 0.286. The number of carbonyl (C=O) groups is 1. The number of carbonyl (C=O) groups excluding carboxylic acids is 1. The number of nitrogens with one attached hydrogen (secondary N) is 1. The number of H-pyrrole nitrogens is 1. The second kappa shape index (κ2) is 6.28. The smallest absolute Gasteiger partial charge is 0.249 e. The van der Waals surface area contributed by atoms with E-state index in [1.54, 1.807) is 0 Å². The number of aromatic amines is 1. The van der Waals surface area contributed by atoms with E-state index < -0.39 is 0 Å². The highest BCUT2D eigenvalue weighted by Gasteiger charge is 2.23. The van der Waals surface area contributed by atoms with Gasteiger partial charge in [0.1, 0.15) is 0 Å². The van der Waals surface area contributed by atoms with Crippen LogP contribution in [0.4, 0.5) is 5.69 Å². The lowest BCUT2D eigenvalue weighted by Crippen LogP contribution is -2.21. The molecule has 4 nitrogen and oxygen atoms in total. The van der Waals surface area contributed by atoms with Crippen molar-refractivity contribution in [1.29, 1.82) is 0 Å². The van der Waals surface area contributed by atoms with Crippen LogP contribution in [0.25, 0.3) is 22.0 Å². The van der Waals surface area contributed by atoms with Crippen LogP contribution in [0.2, 0.25) is 0 Å². The fourth-order valence-corrected chi connectivity index (χ4v) is 4.04. The van der Waals surface area contributed by atoms with Gasteiger partial charge in [-0.1, -0.05) is 25.1 Å². The minimum absolute atomic E-state index is 0.372. The summed E-state index contributed by atoms with van der Waals surface area (Å²) in [7, 11) is 0. The summed E-state index contributed by atoms with van der Waals surface area (Å²) >= 11 is 0. The zero-order valence-electron chi connectivity index (χ0n) is 14.5. The van der Waals surface area contributed by atoms with Crippen LogP contribution in [-0.2, 0) is 6.42 Å². The van der Waals surface area contributed by atoms with E-state index in [4.69, 9.17) is 5.73 Å². The highest BCUT2D eigenvalue weighted by molar-refractivity contribution is 6.07. The van der Waals surface area contributed by atoms with Crippen molar-refractivity contribution in [3.05, 3.63) is 53.7 Å². The lowest BCUT2D eigenvalue weighted by Gasteiger charge is -2.24. The Morgan fingerprint density at radius 2 is 1.92 bits per heavy atom. The fourth-order valence-electron chi connectivity index (χ4n) is 4.04. The van der Waals surface area contributed by atoms with Gasteiger partial charge in [-0.2, -0.15) is 0 Å². The predicted octanol–water partition coefficient (Wildman–Crippen LogP) is 4.10. The maximum atomic E-state index is 12.2. The predicted molar refractivity (Wildman–Crippen MR) is 103 cm³/mol. The molecule has 0 bridgehead atoms. The van der Waals surface area contributed by atoms with E-state index in [9.17, 15) is 4.79 Å². The van der Waals surface area contributed by atoms with Crippen molar-refractivity contribution in [2.45, 2.75) is 26.2 Å². The third-order valence-electron chi connectivity index (χ3n) is 5.21. The number of aromatic nitrogens is 1. The van der Waals surface area contributed by atoms with Gasteiger partial charge in [-0.3, -0.25) is 4.79 Å². The van der Waals surface area contributed by atoms with Crippen molar-refractivity contribution >= 4 is 22.5 Å². The van der Waals surface area contributed by atoms with Gasteiger partial charge in [0.05, 0.1) is 0 Å². The first kappa shape index (κ1) is 15.8. The average Bonchev–Trinajstić information content (AvgIpc) is 3.30. The van der Waals surface area contributed by atoms with E-state index in [1.165, 1.54) is 24.1 Å². The van der Waals surface area contributed by atoms with Crippen LogP contribution in [0.1, 0.15) is 35.7 Å². The van der Waals surface area contributed by atoms with Crippen molar-refractivity contribution in [1.82, 2.24) is 4.98 Å². The van der Waals surface area contributed by atoms with Crippen molar-refractivity contribution in [3.8, 4) is 11.1 Å². The number of anilines is 1. The third-order valence-corrected chi connectivity index (χ3v) is 5.21. The standard InChI is InChI=1S/C21H23N3O/c1-2-14-19(24-11-5-6-12-24)10-9-16(21(22)25)20(14)17-13-23-18-8-4-3-7-15(17)18/h3-4,7-10,13,23H,2,5-6,11-12H2,1H3,(H2,22,25). The number of para-hydroxylation sites is 1. The molecule has 0 unspecified atom stereocenters. The van der Waals surface area contributed by atoms with Gasteiger partial charge in [0.2, 0.25) is 5.91 Å². The molecule has 2 aromatic carbocycles. The summed E-state index contributed by atoms with van der Waals surface area (Å²) < 4.78 is 0. The van der Waals surface area contributed by atoms with E-state index in [2.05, 4.69) is 35.0 Å². The number of benzene rings is 2. The molecule has 1 amide bonds. The molecule has 128 valence electrons. The molecular formula is C21H23N3O. The van der Waals surface area contributed by atoms with E-state index in [0.29, 0.717) is 5.56 Å². The minimum Gasteiger partial charge on any atom is -0.371 e. The van der Waals surface area contributed by atoms with Gasteiger partial charge in [-0.05, 0) is 43.0 Å². The Hall–Kier alpha value is -2.75. The second-order valence-electron chi connectivity index (χ2n) is 6.65. The van der Waals surface area contributed by atoms with Crippen LogP contribution in [0.5, 0.6) is 0 Å². The first-order chi connectivity index (χ1) is 12.2. The van der Waals surface area contributed by atoms with Crippen LogP contribution in [0, 0.1) is 0 Å². The van der Waals surface area contributed by atoms with Gasteiger partial charge in [-0.25, -0.2) is 0 Å². The molecule has 3 aromatic rings. The molecule has 2 heterocycles. The molecule has 3 N–H and O–H groups in total. The monoisotopic (exact) mass is 333 g/mol. The van der Waals surface area contributed by atoms with E-state index >= 15 is 0 Å². The number of amides is 1. The van der Waals surface area contributed by atoms with Crippen LogP contribution in [0.3, 0.4) is 0 Å². The van der Waals surface area contributed by atoms with Crippen molar-refractivity contribution < 1.29 is 4.79 Å². The lowest BCUT2D eigenvalue weighted by molar-refractivity contribution is 0.100. The number of nitrogens with two attached hydrogens (primary N) is 1. The summed E-state index contributed by atoms with van der Waals surface area (Å²) in [5, 5.41) is 1.12. The van der Waals surface area contributed by atoms with Gasteiger partial charge in [0.15, 0.2) is 0 Å². The van der Waals surface area contributed by atoms with Crippen LogP contribution in [-0.4, -0.2) is 24.0 Å². The molecule has 4 rings (SSSR count). The molecule has 0 radical (unpaired) electrons. The number of nitrogens with zero attached hydrogens (tertiary/aromatic N) is 1. The maximum absolute atomic E-state index is 12.2. The van der Waals surface area contributed by atoms with Crippen molar-refractivity contribution in [2.24, 2.45) is 5.73 Å². The Morgan fingerprint density at radius 1 is 1.16 bits per heavy atom. The molecule has 0 atom stereocenters. The molecule has 1 aromatic heterocycles. The first-order valence-electron chi connectivity index (χ1n) is 8.97. The van der Waals surface area contributed by atoms with Crippen molar-refractivity contribution in [3.63, 3.8) is 0 Å². The summed E-state index contributed by atoms with van der Waals surface area (Å²) in [5.74, 6) is -0.372. The Morgan fingerprint density at radius 3 is 2.64 bits per heavy atom. The number of hydrogen-bond donors (Lipinski definition) is 2. The normalized spacial score (nSPS) is 14.4. The Labute approximate surface area is 147 Å². The van der Waals surface area contributed by atoms with Crippen LogP contribution < -0.4 is 10.6 Å². The largest absolute Gasteiger partial charge is 0.371 e. The van der Waals surface area contributed by atoms with E-state index in [1.807, 2.05) is 24.4 Å². The van der Waals surface area contributed by atoms with Gasteiger partial charge >= 0.3 is 0 Å². The third kappa shape index (κ3) is 2.58. The van der Waals surface area contributed by atoms with Gasteiger partial charge < -0.3 is 15.6 Å². The maximum Gasteiger partial charge on any atom is 0.249 e. The quantitative estimate of drug-likeness (QED) is 0.755. The Kier molecular flexibility index (Phi) is 3.96. The zero-order valence-corrected chi connectivity index (χ0v) is 14.5. The van der Waals surface area contributed by atoms with Gasteiger partial charge in [0.25, 0.3) is 0 Å². The average molecular weight is 333 g/mol. The summed E-state index contributed by atoms with van der Waals surface area (Å²) in [5.41, 5.74) is 11.9. The SMILES string of the molecule is CCc1c(N2CCCC2)ccc(C(N)=O)c1-c1c[nH]c2ccccc12. The Balaban J connectivity index is 2.01. The highest BCUT2D eigenvalue weighted by Crippen LogP contribution is 2.39. The van der Waals surface area contributed by atoms with Crippen molar-refractivity contribution in [2.75, 3.05) is 18.0 Å². The molecule has 25 heavy (non-hydrogen) atoms. The van der Waals surface area contributed by atoms with Gasteiger partial charge in [0, 0.05) is 52.6 Å². The topological polar surface area (TPSA) is 62.1 Å². The summed E-state index contributed by atoms with van der Waals surface area (Å²) in [4.78, 5) is 17.9. The first-order valence-corrected chi connectivity index (χ1v) is 8.97.